The van der Waals surface area contributed by atoms with E-state index in [1.807, 2.05) is 42.5 Å². The zero-order chi connectivity index (χ0) is 17.2. The van der Waals surface area contributed by atoms with E-state index in [-0.39, 0.29) is 6.61 Å². The number of hydrogen-bond acceptors (Lipinski definition) is 3. The molecular weight excluding hydrogens is 322 g/mol. The fourth-order valence-corrected chi connectivity index (χ4v) is 2.38. The number of primary amides is 1. The minimum absolute atomic E-state index is 0.279. The number of thiocarbonyl (C=S) groups is 1. The summed E-state index contributed by atoms with van der Waals surface area (Å²) in [5, 5.41) is 6.93. The lowest BCUT2D eigenvalue weighted by Crippen LogP contribution is -2.30. The fourth-order valence-electron chi connectivity index (χ4n) is 2.16. The van der Waals surface area contributed by atoms with Crippen molar-refractivity contribution in [3.63, 3.8) is 0 Å². The van der Waals surface area contributed by atoms with Crippen molar-refractivity contribution in [3.05, 3.63) is 65.7 Å². The van der Waals surface area contributed by atoms with Crippen LogP contribution in [0.15, 0.2) is 54.6 Å². The Kier molecular flexibility index (Phi) is 7.04. The molecule has 2 rings (SSSR count). The normalized spacial score (nSPS) is 10.0. The Hall–Kier alpha value is -2.60. The van der Waals surface area contributed by atoms with Gasteiger partial charge in [0.15, 0.2) is 5.11 Å². The molecule has 2 aromatic rings. The molecule has 0 aromatic heterocycles. The van der Waals surface area contributed by atoms with E-state index >= 15 is 0 Å². The Morgan fingerprint density at radius 2 is 1.67 bits per heavy atom. The Labute approximate surface area is 147 Å². The van der Waals surface area contributed by atoms with E-state index in [0.29, 0.717) is 11.5 Å². The molecular formula is C18H21N3O2S. The van der Waals surface area contributed by atoms with Crippen LogP contribution in [0.2, 0.25) is 0 Å². The highest BCUT2D eigenvalue weighted by atomic mass is 32.1. The van der Waals surface area contributed by atoms with Gasteiger partial charge in [0, 0.05) is 18.7 Å². The van der Waals surface area contributed by atoms with Gasteiger partial charge in [0.1, 0.15) is 0 Å². The van der Waals surface area contributed by atoms with Gasteiger partial charge >= 0.3 is 6.09 Å². The Morgan fingerprint density at radius 3 is 2.33 bits per heavy atom. The number of carbonyl (C=O) groups is 1. The summed E-state index contributed by atoms with van der Waals surface area (Å²) in [6, 6.07) is 18.0. The third-order valence-corrected chi connectivity index (χ3v) is 3.64. The number of ether oxygens (including phenoxy) is 1. The molecule has 0 saturated heterocycles. The van der Waals surface area contributed by atoms with Crippen molar-refractivity contribution in [1.29, 1.82) is 0 Å². The Balaban J connectivity index is 1.70. The smallest absolute Gasteiger partial charge is 0.404 e. The van der Waals surface area contributed by atoms with E-state index in [1.165, 1.54) is 5.56 Å². The van der Waals surface area contributed by atoms with Crippen molar-refractivity contribution in [2.45, 2.75) is 12.8 Å². The molecule has 0 unspecified atom stereocenters. The molecule has 1 amide bonds. The van der Waals surface area contributed by atoms with Crippen LogP contribution in [0.25, 0.3) is 0 Å². The number of anilines is 1. The minimum Gasteiger partial charge on any atom is -0.449 e. The van der Waals surface area contributed by atoms with E-state index in [2.05, 4.69) is 22.8 Å². The first-order valence-electron chi connectivity index (χ1n) is 7.73. The first-order valence-corrected chi connectivity index (χ1v) is 8.14. The van der Waals surface area contributed by atoms with Crippen LogP contribution in [0, 0.1) is 0 Å². The van der Waals surface area contributed by atoms with E-state index in [4.69, 9.17) is 22.7 Å². The van der Waals surface area contributed by atoms with Gasteiger partial charge in [-0.2, -0.15) is 0 Å². The summed E-state index contributed by atoms with van der Waals surface area (Å²) >= 11 is 5.29. The molecule has 5 nitrogen and oxygen atoms in total. The van der Waals surface area contributed by atoms with E-state index in [0.717, 1.165) is 24.2 Å². The van der Waals surface area contributed by atoms with Gasteiger partial charge in [-0.3, -0.25) is 0 Å². The van der Waals surface area contributed by atoms with Gasteiger partial charge in [-0.25, -0.2) is 4.79 Å². The summed E-state index contributed by atoms with van der Waals surface area (Å²) in [4.78, 5) is 10.5. The highest BCUT2D eigenvalue weighted by Gasteiger charge is 2.00. The van der Waals surface area contributed by atoms with Crippen LogP contribution in [0.3, 0.4) is 0 Å². The zero-order valence-corrected chi connectivity index (χ0v) is 14.1. The summed E-state index contributed by atoms with van der Waals surface area (Å²) in [6.07, 6.45) is 0.796. The lowest BCUT2D eigenvalue weighted by molar-refractivity contribution is 0.158. The molecule has 0 spiro atoms. The van der Waals surface area contributed by atoms with Gasteiger partial charge in [0.25, 0.3) is 0 Å². The predicted octanol–water partition coefficient (Wildman–Crippen LogP) is 2.85. The highest BCUT2D eigenvalue weighted by molar-refractivity contribution is 7.80. The lowest BCUT2D eigenvalue weighted by Gasteiger charge is -2.11. The maximum absolute atomic E-state index is 10.5. The number of nitrogens with two attached hydrogens (primary N) is 1. The number of benzene rings is 2. The number of amides is 1. The number of hydrogen-bond donors (Lipinski definition) is 3. The van der Waals surface area contributed by atoms with E-state index in [1.54, 1.807) is 0 Å². The Morgan fingerprint density at radius 1 is 1.00 bits per heavy atom. The molecule has 0 saturated carbocycles. The van der Waals surface area contributed by atoms with Gasteiger partial charge in [-0.15, -0.1) is 0 Å². The van der Waals surface area contributed by atoms with Crippen LogP contribution >= 0.6 is 12.2 Å². The highest BCUT2D eigenvalue weighted by Crippen LogP contribution is 2.10. The molecule has 2 aromatic carbocycles. The van der Waals surface area contributed by atoms with E-state index < -0.39 is 6.09 Å². The second kappa shape index (κ2) is 9.52. The standard InChI is InChI=1S/C18H21N3O2S/c19-17(22)23-13-11-15-6-8-16(9-7-15)21-18(24)20-12-10-14-4-2-1-3-5-14/h1-9H,10-13H2,(H2,19,22)(H2,20,21,24). The third-order valence-electron chi connectivity index (χ3n) is 3.39. The van der Waals surface area contributed by atoms with Crippen LogP contribution < -0.4 is 16.4 Å². The Bertz CT molecular complexity index is 660. The summed E-state index contributed by atoms with van der Waals surface area (Å²) in [6.45, 7) is 1.06. The van der Waals surface area contributed by atoms with Crippen molar-refractivity contribution >= 4 is 29.1 Å². The van der Waals surface area contributed by atoms with Crippen molar-refractivity contribution in [2.75, 3.05) is 18.5 Å². The first kappa shape index (κ1) is 17.7. The molecule has 4 N–H and O–H groups in total. The van der Waals surface area contributed by atoms with E-state index in [9.17, 15) is 4.79 Å². The summed E-state index contributed by atoms with van der Waals surface area (Å²) in [7, 11) is 0. The number of carbonyl (C=O) groups excluding carboxylic acids is 1. The molecule has 0 aliphatic rings. The average molecular weight is 343 g/mol. The molecule has 6 heteroatoms. The summed E-state index contributed by atoms with van der Waals surface area (Å²) in [5.74, 6) is 0. The van der Waals surface area contributed by atoms with Crippen LogP contribution in [0.5, 0.6) is 0 Å². The SMILES string of the molecule is NC(=O)OCCc1ccc(NC(=S)NCCc2ccccc2)cc1. The van der Waals surface area contributed by atoms with Crippen molar-refractivity contribution < 1.29 is 9.53 Å². The number of rotatable bonds is 7. The van der Waals surface area contributed by atoms with Crippen molar-refractivity contribution in [3.8, 4) is 0 Å². The maximum atomic E-state index is 10.5. The quantitative estimate of drug-likeness (QED) is 0.674. The monoisotopic (exact) mass is 343 g/mol. The lowest BCUT2D eigenvalue weighted by atomic mass is 10.1. The largest absolute Gasteiger partial charge is 0.449 e. The zero-order valence-electron chi connectivity index (χ0n) is 13.3. The average Bonchev–Trinajstić information content (AvgIpc) is 2.57. The molecule has 24 heavy (non-hydrogen) atoms. The maximum Gasteiger partial charge on any atom is 0.404 e. The molecule has 0 heterocycles. The second-order valence-electron chi connectivity index (χ2n) is 5.23. The fraction of sp³-hybridized carbons (Fsp3) is 0.222. The van der Waals surface area contributed by atoms with Crippen LogP contribution in [-0.4, -0.2) is 24.4 Å². The van der Waals surface area contributed by atoms with Gasteiger partial charge in [0.05, 0.1) is 6.61 Å². The van der Waals surface area contributed by atoms with Crippen molar-refractivity contribution in [2.24, 2.45) is 5.73 Å². The molecule has 0 fully saturated rings. The third kappa shape index (κ3) is 6.66. The van der Waals surface area contributed by atoms with Gasteiger partial charge in [-0.05, 0) is 41.9 Å². The van der Waals surface area contributed by atoms with Gasteiger partial charge in [0.2, 0.25) is 0 Å². The van der Waals surface area contributed by atoms with Gasteiger partial charge < -0.3 is 21.1 Å². The van der Waals surface area contributed by atoms with Crippen LogP contribution in [0.4, 0.5) is 10.5 Å². The second-order valence-corrected chi connectivity index (χ2v) is 5.64. The van der Waals surface area contributed by atoms with Gasteiger partial charge in [-0.1, -0.05) is 42.5 Å². The molecule has 0 bridgehead atoms. The minimum atomic E-state index is -0.750. The molecule has 0 radical (unpaired) electrons. The molecule has 0 aliphatic carbocycles. The van der Waals surface area contributed by atoms with Crippen molar-refractivity contribution in [1.82, 2.24) is 5.32 Å². The van der Waals surface area contributed by atoms with Crippen LogP contribution in [-0.2, 0) is 17.6 Å². The topological polar surface area (TPSA) is 76.4 Å². The molecule has 126 valence electrons. The molecule has 0 aliphatic heterocycles. The molecule has 0 atom stereocenters. The number of nitrogens with one attached hydrogen (secondary N) is 2. The summed E-state index contributed by atoms with van der Waals surface area (Å²) < 4.78 is 4.71. The summed E-state index contributed by atoms with van der Waals surface area (Å²) in [5.41, 5.74) is 8.16. The first-order chi connectivity index (χ1) is 11.6. The van der Waals surface area contributed by atoms with Crippen LogP contribution in [0.1, 0.15) is 11.1 Å². The predicted molar refractivity (Wildman–Crippen MR) is 100 cm³/mol.